The van der Waals surface area contributed by atoms with E-state index in [4.69, 9.17) is 9.47 Å². The smallest absolute Gasteiger partial charge is 0.298 e. The van der Waals surface area contributed by atoms with Crippen LogP contribution in [0.5, 0.6) is 11.5 Å². The third kappa shape index (κ3) is 3.23. The van der Waals surface area contributed by atoms with Crippen LogP contribution in [0.4, 0.5) is 14.9 Å². The fourth-order valence-electron chi connectivity index (χ4n) is 2.38. The topological polar surface area (TPSA) is 55.8 Å². The van der Waals surface area contributed by atoms with Gasteiger partial charge in [-0.25, -0.2) is 9.29 Å². The van der Waals surface area contributed by atoms with Crippen LogP contribution in [0.1, 0.15) is 5.56 Å². The van der Waals surface area contributed by atoms with Crippen molar-refractivity contribution in [1.29, 1.82) is 0 Å². The molecule has 0 aliphatic carbocycles. The Hall–Kier alpha value is -2.80. The molecular weight excluding hydrogens is 345 g/mol. The first-order chi connectivity index (χ1) is 12.0. The predicted molar refractivity (Wildman–Crippen MR) is 94.4 cm³/mol. The quantitative estimate of drug-likeness (QED) is 0.770. The van der Waals surface area contributed by atoms with Gasteiger partial charge in [0.2, 0.25) is 0 Å². The number of thioether (sulfide) groups is 1. The van der Waals surface area contributed by atoms with E-state index >= 15 is 0 Å². The van der Waals surface area contributed by atoms with E-state index in [2.05, 4.69) is 0 Å². The molecule has 2 amide bonds. The third-order valence-corrected chi connectivity index (χ3v) is 4.48. The lowest BCUT2D eigenvalue weighted by atomic mass is 10.2. The number of benzene rings is 2. The first-order valence-corrected chi connectivity index (χ1v) is 8.11. The fraction of sp³-hybridized carbons (Fsp3) is 0.111. The Morgan fingerprint density at radius 3 is 2.52 bits per heavy atom. The number of rotatable bonds is 4. The number of carbonyl (C=O) groups is 2. The van der Waals surface area contributed by atoms with Gasteiger partial charge in [0.1, 0.15) is 17.3 Å². The zero-order valence-corrected chi connectivity index (χ0v) is 14.3. The second-order valence-corrected chi connectivity index (χ2v) is 6.07. The highest BCUT2D eigenvalue weighted by Gasteiger charge is 2.38. The summed E-state index contributed by atoms with van der Waals surface area (Å²) in [5, 5.41) is -0.476. The van der Waals surface area contributed by atoms with Gasteiger partial charge in [-0.3, -0.25) is 9.59 Å². The van der Waals surface area contributed by atoms with Crippen LogP contribution < -0.4 is 14.4 Å². The van der Waals surface area contributed by atoms with Gasteiger partial charge in [0.05, 0.1) is 24.8 Å². The molecule has 128 valence electrons. The van der Waals surface area contributed by atoms with E-state index in [1.54, 1.807) is 30.3 Å². The summed E-state index contributed by atoms with van der Waals surface area (Å²) in [5.41, 5.74) is 0.553. The lowest BCUT2D eigenvalue weighted by Crippen LogP contribution is -2.28. The zero-order chi connectivity index (χ0) is 18.0. The lowest BCUT2D eigenvalue weighted by molar-refractivity contribution is -0.113. The number of nitrogens with zero attached hydrogens (tertiary/aromatic N) is 1. The molecule has 0 aromatic heterocycles. The van der Waals surface area contributed by atoms with Crippen LogP contribution in [0, 0.1) is 5.82 Å². The average Bonchev–Trinajstić information content (AvgIpc) is 2.90. The van der Waals surface area contributed by atoms with Gasteiger partial charge in [0.15, 0.2) is 0 Å². The van der Waals surface area contributed by atoms with Gasteiger partial charge >= 0.3 is 0 Å². The first-order valence-electron chi connectivity index (χ1n) is 7.29. The summed E-state index contributed by atoms with van der Waals surface area (Å²) in [6.07, 6.45) is 1.37. The maximum absolute atomic E-state index is 13.8. The van der Waals surface area contributed by atoms with Crippen molar-refractivity contribution in [2.75, 3.05) is 19.1 Å². The number of methoxy groups -OCH3 is 2. The molecule has 0 atom stereocenters. The highest BCUT2D eigenvalue weighted by atomic mass is 32.2. The summed E-state index contributed by atoms with van der Waals surface area (Å²) in [5.74, 6) is -0.124. The molecule has 1 fully saturated rings. The van der Waals surface area contributed by atoms with Crippen molar-refractivity contribution in [3.05, 3.63) is 58.8 Å². The maximum Gasteiger partial charge on any atom is 0.298 e. The normalized spacial score (nSPS) is 15.8. The Kier molecular flexibility index (Phi) is 4.76. The lowest BCUT2D eigenvalue weighted by Gasteiger charge is -2.16. The van der Waals surface area contributed by atoms with E-state index in [1.807, 2.05) is 0 Å². The number of ether oxygens (including phenoxy) is 2. The van der Waals surface area contributed by atoms with Gasteiger partial charge in [-0.05, 0) is 36.0 Å². The molecule has 0 radical (unpaired) electrons. The molecule has 0 bridgehead atoms. The summed E-state index contributed by atoms with van der Waals surface area (Å²) in [4.78, 5) is 26.2. The molecule has 3 rings (SSSR count). The molecule has 1 aliphatic rings. The summed E-state index contributed by atoms with van der Waals surface area (Å²) >= 11 is 0.754. The molecule has 1 saturated heterocycles. The van der Waals surface area contributed by atoms with Crippen molar-refractivity contribution in [2.24, 2.45) is 0 Å². The van der Waals surface area contributed by atoms with Crippen molar-refractivity contribution in [1.82, 2.24) is 0 Å². The number of hydrogen-bond acceptors (Lipinski definition) is 5. The highest BCUT2D eigenvalue weighted by Crippen LogP contribution is 2.41. The monoisotopic (exact) mass is 359 g/mol. The van der Waals surface area contributed by atoms with Crippen molar-refractivity contribution in [2.45, 2.75) is 0 Å². The molecule has 25 heavy (non-hydrogen) atoms. The molecule has 0 N–H and O–H groups in total. The van der Waals surface area contributed by atoms with Crippen molar-refractivity contribution in [3.63, 3.8) is 0 Å². The van der Waals surface area contributed by atoms with Gasteiger partial charge in [-0.1, -0.05) is 18.2 Å². The van der Waals surface area contributed by atoms with Crippen LogP contribution >= 0.6 is 11.8 Å². The maximum atomic E-state index is 13.8. The number of anilines is 1. The zero-order valence-electron chi connectivity index (χ0n) is 13.5. The van der Waals surface area contributed by atoms with Crippen LogP contribution in [0.15, 0.2) is 47.4 Å². The number of amides is 2. The van der Waals surface area contributed by atoms with E-state index in [9.17, 15) is 14.0 Å². The van der Waals surface area contributed by atoms with E-state index in [1.165, 1.54) is 32.4 Å². The van der Waals surface area contributed by atoms with Crippen LogP contribution in [0.2, 0.25) is 0 Å². The van der Waals surface area contributed by atoms with Gasteiger partial charge in [0.25, 0.3) is 11.1 Å². The van der Waals surface area contributed by atoms with Crippen LogP contribution in [-0.4, -0.2) is 25.4 Å². The Morgan fingerprint density at radius 1 is 1.08 bits per heavy atom. The number of halogens is 1. The van der Waals surface area contributed by atoms with Gasteiger partial charge < -0.3 is 9.47 Å². The van der Waals surface area contributed by atoms with Gasteiger partial charge in [0, 0.05) is 11.6 Å². The minimum atomic E-state index is -0.526. The highest BCUT2D eigenvalue weighted by molar-refractivity contribution is 8.19. The Balaban J connectivity index is 1.99. The second kappa shape index (κ2) is 6.98. The third-order valence-electron chi connectivity index (χ3n) is 3.61. The van der Waals surface area contributed by atoms with Crippen LogP contribution in [-0.2, 0) is 4.79 Å². The van der Waals surface area contributed by atoms with Crippen molar-refractivity contribution >= 4 is 34.7 Å². The molecule has 1 aliphatic heterocycles. The van der Waals surface area contributed by atoms with E-state index < -0.39 is 17.0 Å². The number of hydrogen-bond donors (Lipinski definition) is 0. The van der Waals surface area contributed by atoms with Crippen molar-refractivity contribution in [3.8, 4) is 11.5 Å². The molecule has 2 aromatic rings. The van der Waals surface area contributed by atoms with E-state index in [0.29, 0.717) is 17.2 Å². The van der Waals surface area contributed by atoms with E-state index in [0.717, 1.165) is 16.7 Å². The molecule has 2 aromatic carbocycles. The van der Waals surface area contributed by atoms with Crippen LogP contribution in [0.25, 0.3) is 6.08 Å². The van der Waals surface area contributed by atoms with Gasteiger partial charge in [-0.15, -0.1) is 0 Å². The molecule has 0 unspecified atom stereocenters. The number of carbonyl (C=O) groups excluding carboxylic acids is 2. The summed E-state index contributed by atoms with van der Waals surface area (Å²) < 4.78 is 24.2. The molecular formula is C18H14FNO4S. The average molecular weight is 359 g/mol. The minimum absolute atomic E-state index is 0.146. The largest absolute Gasteiger partial charge is 0.497 e. The summed E-state index contributed by atoms with van der Waals surface area (Å²) in [6, 6.07) is 10.8. The SMILES string of the molecule is COc1ccc(N2C(=O)S/C(=C\c3ccccc3F)C2=O)c(OC)c1. The Bertz CT molecular complexity index is 881. The first kappa shape index (κ1) is 17.0. The van der Waals surface area contributed by atoms with Crippen LogP contribution in [0.3, 0.4) is 0 Å². The van der Waals surface area contributed by atoms with Gasteiger partial charge in [-0.2, -0.15) is 0 Å². The fourth-order valence-corrected chi connectivity index (χ4v) is 3.20. The predicted octanol–water partition coefficient (Wildman–Crippen LogP) is 4.08. The Labute approximate surface area is 148 Å². The molecule has 5 nitrogen and oxygen atoms in total. The standard InChI is InChI=1S/C18H14FNO4S/c1-23-12-7-8-14(15(10-12)24-2)20-17(21)16(25-18(20)22)9-11-5-3-4-6-13(11)19/h3-10H,1-2H3/b16-9-. The Morgan fingerprint density at radius 2 is 1.84 bits per heavy atom. The summed E-state index contributed by atoms with van der Waals surface area (Å²) in [6.45, 7) is 0. The second-order valence-electron chi connectivity index (χ2n) is 5.08. The molecule has 0 saturated carbocycles. The molecule has 7 heteroatoms. The van der Waals surface area contributed by atoms with Crippen molar-refractivity contribution < 1.29 is 23.5 Å². The molecule has 0 spiro atoms. The molecule has 1 heterocycles. The summed E-state index contributed by atoms with van der Waals surface area (Å²) in [7, 11) is 2.94. The number of imide groups is 1. The van der Waals surface area contributed by atoms with E-state index in [-0.39, 0.29) is 10.5 Å². The minimum Gasteiger partial charge on any atom is -0.497 e.